The summed E-state index contributed by atoms with van der Waals surface area (Å²) in [7, 11) is 3.87. The summed E-state index contributed by atoms with van der Waals surface area (Å²) in [5.41, 5.74) is 0.891. The highest BCUT2D eigenvalue weighted by Gasteiger charge is 2.23. The van der Waals surface area contributed by atoms with Crippen molar-refractivity contribution in [2.24, 2.45) is 0 Å². The van der Waals surface area contributed by atoms with E-state index in [0.717, 1.165) is 16.2 Å². The molecular formula is C10H11NOS2. The van der Waals surface area contributed by atoms with Gasteiger partial charge in [-0.05, 0) is 11.4 Å². The van der Waals surface area contributed by atoms with E-state index in [1.165, 1.54) is 4.88 Å². The van der Waals surface area contributed by atoms with Crippen LogP contribution in [0.25, 0.3) is 0 Å². The van der Waals surface area contributed by atoms with Gasteiger partial charge in [-0.3, -0.25) is 4.79 Å². The number of nitrogens with zero attached hydrogens (tertiary/aromatic N) is 1. The average Bonchev–Trinajstić information content (AvgIpc) is 2.57. The zero-order valence-corrected chi connectivity index (χ0v) is 9.74. The van der Waals surface area contributed by atoms with Gasteiger partial charge < -0.3 is 4.90 Å². The Hall–Kier alpha value is -0.740. The van der Waals surface area contributed by atoms with E-state index in [9.17, 15) is 4.79 Å². The molecule has 0 atom stereocenters. The molecule has 2 heterocycles. The van der Waals surface area contributed by atoms with E-state index < -0.39 is 0 Å². The molecule has 1 aromatic rings. The van der Waals surface area contributed by atoms with Crippen LogP contribution in [0.2, 0.25) is 0 Å². The van der Waals surface area contributed by atoms with Gasteiger partial charge in [-0.15, -0.1) is 23.1 Å². The second-order valence-electron chi connectivity index (χ2n) is 3.33. The third-order valence-electron chi connectivity index (χ3n) is 1.95. The number of carbonyl (C=O) groups excluding carboxylic acids is 1. The fourth-order valence-corrected chi connectivity index (χ4v) is 3.40. The van der Waals surface area contributed by atoms with Crippen LogP contribution >= 0.6 is 23.1 Å². The largest absolute Gasteiger partial charge is 0.382 e. The number of rotatable bonds is 1. The van der Waals surface area contributed by atoms with E-state index in [1.54, 1.807) is 23.1 Å². The van der Waals surface area contributed by atoms with Crippen molar-refractivity contribution in [3.05, 3.63) is 33.0 Å². The first-order valence-corrected chi connectivity index (χ1v) is 6.17. The third kappa shape index (κ3) is 1.72. The number of Topliss-reactive ketones (excluding diaryl/α,β-unsaturated/α-hetero) is 1. The molecule has 2 nitrogen and oxygen atoms in total. The number of carbonyl (C=O) groups is 1. The number of hydrogen-bond donors (Lipinski definition) is 0. The van der Waals surface area contributed by atoms with Crippen LogP contribution in [0, 0.1) is 0 Å². The zero-order valence-electron chi connectivity index (χ0n) is 8.11. The number of thiophene rings is 1. The van der Waals surface area contributed by atoms with Gasteiger partial charge in [0.15, 0.2) is 0 Å². The number of thioether (sulfide) groups is 1. The Morgan fingerprint density at radius 3 is 3.00 bits per heavy atom. The van der Waals surface area contributed by atoms with Crippen molar-refractivity contribution in [2.75, 3.05) is 14.1 Å². The number of ketones is 1. The molecule has 1 aliphatic rings. The summed E-state index contributed by atoms with van der Waals surface area (Å²) in [4.78, 5) is 15.9. The van der Waals surface area contributed by atoms with Gasteiger partial charge in [0.05, 0.1) is 4.91 Å². The first-order valence-electron chi connectivity index (χ1n) is 4.30. The van der Waals surface area contributed by atoms with Crippen LogP contribution in [0.5, 0.6) is 0 Å². The molecule has 0 fully saturated rings. The lowest BCUT2D eigenvalue weighted by Crippen LogP contribution is -2.11. The van der Waals surface area contributed by atoms with Crippen LogP contribution in [0.3, 0.4) is 0 Å². The predicted molar refractivity (Wildman–Crippen MR) is 61.7 cm³/mol. The summed E-state index contributed by atoms with van der Waals surface area (Å²) in [6.07, 6.45) is 1.90. The van der Waals surface area contributed by atoms with Crippen molar-refractivity contribution in [1.29, 1.82) is 0 Å². The van der Waals surface area contributed by atoms with E-state index in [4.69, 9.17) is 0 Å². The van der Waals surface area contributed by atoms with E-state index >= 15 is 0 Å². The van der Waals surface area contributed by atoms with Gasteiger partial charge >= 0.3 is 0 Å². The minimum absolute atomic E-state index is 0.172. The van der Waals surface area contributed by atoms with Gasteiger partial charge in [0.25, 0.3) is 0 Å². The molecule has 0 bridgehead atoms. The molecule has 0 N–H and O–H groups in total. The predicted octanol–water partition coefficient (Wildman–Crippen LogP) is 2.58. The summed E-state index contributed by atoms with van der Waals surface area (Å²) in [6, 6.07) is 1.92. The quantitative estimate of drug-likeness (QED) is 0.685. The van der Waals surface area contributed by atoms with Gasteiger partial charge in [0.2, 0.25) is 5.78 Å². The summed E-state index contributed by atoms with van der Waals surface area (Å²) in [6.45, 7) is 0. The molecule has 14 heavy (non-hydrogen) atoms. The minimum atomic E-state index is 0.172. The zero-order chi connectivity index (χ0) is 10.1. The highest BCUT2D eigenvalue weighted by Crippen LogP contribution is 2.35. The highest BCUT2D eigenvalue weighted by atomic mass is 32.2. The Morgan fingerprint density at radius 1 is 1.50 bits per heavy atom. The fourth-order valence-electron chi connectivity index (χ4n) is 1.33. The molecule has 0 radical (unpaired) electrons. The Balaban J connectivity index is 2.34. The van der Waals surface area contributed by atoms with E-state index in [0.29, 0.717) is 0 Å². The monoisotopic (exact) mass is 225 g/mol. The second-order valence-corrected chi connectivity index (χ2v) is 5.35. The molecule has 2 rings (SSSR count). The molecule has 0 saturated heterocycles. The summed E-state index contributed by atoms with van der Waals surface area (Å²) >= 11 is 3.29. The Morgan fingerprint density at radius 2 is 2.29 bits per heavy atom. The van der Waals surface area contributed by atoms with E-state index in [1.807, 2.05) is 36.6 Å². The molecule has 0 unspecified atom stereocenters. The lowest BCUT2D eigenvalue weighted by Gasteiger charge is -2.15. The van der Waals surface area contributed by atoms with Crippen molar-refractivity contribution < 1.29 is 4.79 Å². The Kier molecular flexibility index (Phi) is 2.65. The average molecular weight is 225 g/mol. The molecule has 0 saturated carbocycles. The maximum atomic E-state index is 11.9. The van der Waals surface area contributed by atoms with Gasteiger partial charge in [-0.1, -0.05) is 0 Å². The molecule has 0 aromatic carbocycles. The lowest BCUT2D eigenvalue weighted by atomic mass is 10.1. The van der Waals surface area contributed by atoms with Crippen LogP contribution in [0.4, 0.5) is 0 Å². The maximum absolute atomic E-state index is 11.9. The van der Waals surface area contributed by atoms with E-state index in [-0.39, 0.29) is 5.78 Å². The fraction of sp³-hybridized carbons (Fsp3) is 0.300. The van der Waals surface area contributed by atoms with Crippen molar-refractivity contribution in [2.45, 2.75) is 5.75 Å². The van der Waals surface area contributed by atoms with Crippen LogP contribution in [0.15, 0.2) is 22.6 Å². The van der Waals surface area contributed by atoms with Crippen LogP contribution in [0.1, 0.15) is 15.2 Å². The molecule has 74 valence electrons. The summed E-state index contributed by atoms with van der Waals surface area (Å²) < 4.78 is 0. The van der Waals surface area contributed by atoms with Crippen molar-refractivity contribution >= 4 is 28.9 Å². The SMILES string of the molecule is CN(C)/C=C1/SCc2sccc2C1=O. The number of allylic oxidation sites excluding steroid dienone is 1. The minimum Gasteiger partial charge on any atom is -0.382 e. The topological polar surface area (TPSA) is 20.3 Å². The first-order chi connectivity index (χ1) is 6.68. The van der Waals surface area contributed by atoms with Gasteiger partial charge in [-0.2, -0.15) is 0 Å². The van der Waals surface area contributed by atoms with Crippen molar-refractivity contribution in [1.82, 2.24) is 4.90 Å². The van der Waals surface area contributed by atoms with Crippen LogP contribution < -0.4 is 0 Å². The smallest absolute Gasteiger partial charge is 0.201 e. The van der Waals surface area contributed by atoms with Gasteiger partial charge in [0.1, 0.15) is 0 Å². The molecule has 0 spiro atoms. The number of hydrogen-bond acceptors (Lipinski definition) is 4. The van der Waals surface area contributed by atoms with Crippen LogP contribution in [-0.2, 0) is 5.75 Å². The standard InChI is InChI=1S/C10H11NOS2/c1-11(2)5-8-10(12)7-3-4-13-9(7)6-14-8/h3-5H,6H2,1-2H3/b8-5+. The van der Waals surface area contributed by atoms with Crippen molar-refractivity contribution in [3.63, 3.8) is 0 Å². The van der Waals surface area contributed by atoms with Gasteiger partial charge in [0, 0.05) is 36.5 Å². The molecule has 1 aromatic heterocycles. The molecule has 4 heteroatoms. The molecule has 1 aliphatic heterocycles. The van der Waals surface area contributed by atoms with Crippen LogP contribution in [-0.4, -0.2) is 24.8 Å². The van der Waals surface area contributed by atoms with Crippen molar-refractivity contribution in [3.8, 4) is 0 Å². The first kappa shape index (κ1) is 9.80. The molecular weight excluding hydrogens is 214 g/mol. The van der Waals surface area contributed by atoms with E-state index in [2.05, 4.69) is 0 Å². The summed E-state index contributed by atoms with van der Waals surface area (Å²) in [5.74, 6) is 1.10. The normalized spacial score (nSPS) is 18.4. The maximum Gasteiger partial charge on any atom is 0.201 e. The third-order valence-corrected chi connectivity index (χ3v) is 4.09. The lowest BCUT2D eigenvalue weighted by molar-refractivity contribution is 0.104. The van der Waals surface area contributed by atoms with Gasteiger partial charge in [-0.25, -0.2) is 0 Å². The number of fused-ring (bicyclic) bond motifs is 1. The Bertz CT molecular complexity index is 393. The second kappa shape index (κ2) is 3.79. The Labute approximate surface area is 91.6 Å². The highest BCUT2D eigenvalue weighted by molar-refractivity contribution is 8.03. The molecule has 0 aliphatic carbocycles. The molecule has 0 amide bonds. The summed E-state index contributed by atoms with van der Waals surface area (Å²) in [5, 5.41) is 1.99.